The smallest absolute Gasteiger partial charge is 0.00695 e. The zero-order chi connectivity index (χ0) is 10.2. The molecule has 0 radical (unpaired) electrons. The number of allylic oxidation sites excluding steroid dienone is 1. The number of unbranched alkanes of at least 4 members (excludes halogenated alkanes) is 2. The normalized spacial score (nSPS) is 11.0. The van der Waals surface area contributed by atoms with Crippen LogP contribution >= 0.6 is 11.8 Å². The fourth-order valence-electron chi connectivity index (χ4n) is 1.26. The second kappa shape index (κ2) is 6.72. The molecule has 0 fully saturated rings. The summed E-state index contributed by atoms with van der Waals surface area (Å²) in [6, 6.07) is 8.69. The lowest BCUT2D eigenvalue weighted by atomic mass is 10.2. The van der Waals surface area contributed by atoms with Crippen molar-refractivity contribution >= 4 is 17.8 Å². The highest BCUT2D eigenvalue weighted by molar-refractivity contribution is 7.98. The maximum absolute atomic E-state index is 2.26. The molecule has 1 aromatic carbocycles. The molecule has 0 nitrogen and oxygen atoms in total. The third-order valence-corrected chi connectivity index (χ3v) is 2.89. The Labute approximate surface area is 91.4 Å². The average Bonchev–Trinajstić information content (AvgIpc) is 2.25. The van der Waals surface area contributed by atoms with Gasteiger partial charge in [-0.2, -0.15) is 0 Å². The predicted molar refractivity (Wildman–Crippen MR) is 66.8 cm³/mol. The van der Waals surface area contributed by atoms with Crippen LogP contribution in [0.1, 0.15) is 31.7 Å². The van der Waals surface area contributed by atoms with Gasteiger partial charge in [-0.25, -0.2) is 0 Å². The Balaban J connectivity index is 2.47. The van der Waals surface area contributed by atoms with Crippen molar-refractivity contribution in [2.75, 3.05) is 6.26 Å². The van der Waals surface area contributed by atoms with Gasteiger partial charge in [-0.05, 0) is 30.4 Å². The first-order valence-electron chi connectivity index (χ1n) is 5.17. The van der Waals surface area contributed by atoms with E-state index in [0.29, 0.717) is 0 Å². The molecule has 14 heavy (non-hydrogen) atoms. The molecule has 0 heterocycles. The van der Waals surface area contributed by atoms with Crippen LogP contribution < -0.4 is 0 Å². The van der Waals surface area contributed by atoms with E-state index < -0.39 is 0 Å². The van der Waals surface area contributed by atoms with Crippen LogP contribution in [0.15, 0.2) is 35.2 Å². The van der Waals surface area contributed by atoms with Crippen LogP contribution in [0.5, 0.6) is 0 Å². The summed E-state index contributed by atoms with van der Waals surface area (Å²) >= 11 is 1.79. The van der Waals surface area contributed by atoms with Gasteiger partial charge in [0.25, 0.3) is 0 Å². The van der Waals surface area contributed by atoms with Gasteiger partial charge < -0.3 is 0 Å². The largest absolute Gasteiger partial charge is 0.130 e. The van der Waals surface area contributed by atoms with Crippen molar-refractivity contribution in [1.29, 1.82) is 0 Å². The summed E-state index contributed by atoms with van der Waals surface area (Å²) in [6.07, 6.45) is 10.3. The summed E-state index contributed by atoms with van der Waals surface area (Å²) in [6.45, 7) is 2.22. The van der Waals surface area contributed by atoms with Crippen molar-refractivity contribution in [3.63, 3.8) is 0 Å². The lowest BCUT2D eigenvalue weighted by molar-refractivity contribution is 0.816. The van der Waals surface area contributed by atoms with E-state index >= 15 is 0 Å². The van der Waals surface area contributed by atoms with Gasteiger partial charge in [0.1, 0.15) is 0 Å². The molecule has 0 aromatic heterocycles. The Morgan fingerprint density at radius 2 is 1.93 bits per heavy atom. The molecule has 0 N–H and O–H groups in total. The zero-order valence-corrected chi connectivity index (χ0v) is 9.81. The first-order chi connectivity index (χ1) is 6.86. The summed E-state index contributed by atoms with van der Waals surface area (Å²) in [5, 5.41) is 0. The van der Waals surface area contributed by atoms with E-state index in [-0.39, 0.29) is 0 Å². The molecule has 0 aliphatic carbocycles. The zero-order valence-electron chi connectivity index (χ0n) is 8.99. The van der Waals surface area contributed by atoms with Crippen LogP contribution in [0.2, 0.25) is 0 Å². The van der Waals surface area contributed by atoms with Crippen LogP contribution in [-0.4, -0.2) is 6.26 Å². The van der Waals surface area contributed by atoms with Crippen LogP contribution in [0.4, 0.5) is 0 Å². The SMILES string of the molecule is CCCCC=Cc1ccc(SC)cc1. The molecule has 0 saturated heterocycles. The topological polar surface area (TPSA) is 0 Å². The fourth-order valence-corrected chi connectivity index (χ4v) is 1.66. The highest BCUT2D eigenvalue weighted by Gasteiger charge is 1.88. The second-order valence-corrected chi connectivity index (χ2v) is 4.20. The van der Waals surface area contributed by atoms with E-state index in [2.05, 4.69) is 49.6 Å². The van der Waals surface area contributed by atoms with Crippen molar-refractivity contribution in [1.82, 2.24) is 0 Å². The van der Waals surface area contributed by atoms with Crippen molar-refractivity contribution in [2.24, 2.45) is 0 Å². The molecule has 1 heteroatoms. The Bertz CT molecular complexity index is 272. The van der Waals surface area contributed by atoms with Gasteiger partial charge in [0.15, 0.2) is 0 Å². The maximum Gasteiger partial charge on any atom is 0.00695 e. The minimum Gasteiger partial charge on any atom is -0.130 e. The molecular formula is C13H18S. The highest BCUT2D eigenvalue weighted by Crippen LogP contribution is 2.15. The first-order valence-corrected chi connectivity index (χ1v) is 6.40. The van der Waals surface area contributed by atoms with Crippen molar-refractivity contribution < 1.29 is 0 Å². The lowest BCUT2D eigenvalue weighted by Gasteiger charge is -1.96. The first kappa shape index (κ1) is 11.4. The third-order valence-electron chi connectivity index (χ3n) is 2.15. The number of benzene rings is 1. The van der Waals surface area contributed by atoms with Gasteiger partial charge in [0.2, 0.25) is 0 Å². The quantitative estimate of drug-likeness (QED) is 0.500. The number of hydrogen-bond donors (Lipinski definition) is 0. The maximum atomic E-state index is 2.26. The van der Waals surface area contributed by atoms with E-state index in [4.69, 9.17) is 0 Å². The third kappa shape index (κ3) is 4.01. The number of thioether (sulfide) groups is 1. The summed E-state index contributed by atoms with van der Waals surface area (Å²) < 4.78 is 0. The van der Waals surface area contributed by atoms with E-state index in [0.717, 1.165) is 0 Å². The molecule has 0 aliphatic rings. The molecule has 0 spiro atoms. The molecule has 0 unspecified atom stereocenters. The van der Waals surface area contributed by atoms with E-state index in [9.17, 15) is 0 Å². The van der Waals surface area contributed by atoms with Crippen LogP contribution in [0.25, 0.3) is 6.08 Å². The minimum atomic E-state index is 1.20. The van der Waals surface area contributed by atoms with Crippen LogP contribution in [0.3, 0.4) is 0 Å². The summed E-state index contributed by atoms with van der Waals surface area (Å²) in [5.74, 6) is 0. The molecule has 1 rings (SSSR count). The monoisotopic (exact) mass is 206 g/mol. The van der Waals surface area contributed by atoms with Gasteiger partial charge >= 0.3 is 0 Å². The van der Waals surface area contributed by atoms with Crippen molar-refractivity contribution in [3.05, 3.63) is 35.9 Å². The lowest BCUT2D eigenvalue weighted by Crippen LogP contribution is -1.73. The van der Waals surface area contributed by atoms with E-state index in [1.54, 1.807) is 11.8 Å². The van der Waals surface area contributed by atoms with Gasteiger partial charge in [0.05, 0.1) is 0 Å². The van der Waals surface area contributed by atoms with Gasteiger partial charge in [-0.15, -0.1) is 11.8 Å². The van der Waals surface area contributed by atoms with Gasteiger partial charge in [0, 0.05) is 4.90 Å². The van der Waals surface area contributed by atoms with E-state index in [1.165, 1.54) is 29.7 Å². The molecule has 0 saturated carbocycles. The van der Waals surface area contributed by atoms with E-state index in [1.807, 2.05) is 0 Å². The Morgan fingerprint density at radius 1 is 1.21 bits per heavy atom. The number of rotatable bonds is 5. The fraction of sp³-hybridized carbons (Fsp3) is 0.385. The average molecular weight is 206 g/mol. The molecule has 0 amide bonds. The van der Waals surface area contributed by atoms with Gasteiger partial charge in [-0.1, -0.05) is 44.1 Å². The molecule has 0 aliphatic heterocycles. The Kier molecular flexibility index (Phi) is 5.46. The molecule has 76 valence electrons. The predicted octanol–water partition coefficient (Wildman–Crippen LogP) is 4.61. The summed E-state index contributed by atoms with van der Waals surface area (Å²) in [4.78, 5) is 1.33. The molecule has 0 atom stereocenters. The van der Waals surface area contributed by atoms with Crippen molar-refractivity contribution in [2.45, 2.75) is 31.1 Å². The summed E-state index contributed by atoms with van der Waals surface area (Å²) in [5.41, 5.74) is 1.30. The molecule has 1 aromatic rings. The highest BCUT2D eigenvalue weighted by atomic mass is 32.2. The molecular weight excluding hydrogens is 188 g/mol. The summed E-state index contributed by atoms with van der Waals surface area (Å²) in [7, 11) is 0. The van der Waals surface area contributed by atoms with Gasteiger partial charge in [-0.3, -0.25) is 0 Å². The Hall–Kier alpha value is -0.690. The Morgan fingerprint density at radius 3 is 2.50 bits per heavy atom. The van der Waals surface area contributed by atoms with Crippen LogP contribution in [-0.2, 0) is 0 Å². The number of hydrogen-bond acceptors (Lipinski definition) is 1. The molecule has 0 bridgehead atoms. The van der Waals surface area contributed by atoms with Crippen LogP contribution in [0, 0.1) is 0 Å². The van der Waals surface area contributed by atoms with Crippen molar-refractivity contribution in [3.8, 4) is 0 Å². The minimum absolute atomic E-state index is 1.20. The standard InChI is InChI=1S/C13H18S/c1-3-4-5-6-7-12-8-10-13(14-2)11-9-12/h6-11H,3-5H2,1-2H3. The second-order valence-electron chi connectivity index (χ2n) is 3.32.